The molecule has 2 nitrogen and oxygen atoms in total. The van der Waals surface area contributed by atoms with Gasteiger partial charge in [0.1, 0.15) is 5.75 Å². The first kappa shape index (κ1) is 12.3. The molecule has 0 heterocycles. The average molecular weight is 233 g/mol. The summed E-state index contributed by atoms with van der Waals surface area (Å²) in [6, 6.07) is 6.34. The van der Waals surface area contributed by atoms with Gasteiger partial charge >= 0.3 is 0 Å². The lowest BCUT2D eigenvalue weighted by Gasteiger charge is -2.36. The third kappa shape index (κ3) is 2.74. The summed E-state index contributed by atoms with van der Waals surface area (Å²) in [7, 11) is 0. The lowest BCUT2D eigenvalue weighted by atomic mass is 9.78. The maximum Gasteiger partial charge on any atom is 0.118 e. The van der Waals surface area contributed by atoms with Gasteiger partial charge in [0.25, 0.3) is 0 Å². The maximum absolute atomic E-state index is 9.53. The van der Waals surface area contributed by atoms with Gasteiger partial charge in [0.15, 0.2) is 0 Å². The van der Waals surface area contributed by atoms with Gasteiger partial charge in [-0.25, -0.2) is 0 Å². The highest BCUT2D eigenvalue weighted by atomic mass is 16.3. The minimum Gasteiger partial charge on any atom is -0.508 e. The quantitative estimate of drug-likeness (QED) is 0.758. The van der Waals surface area contributed by atoms with Crippen LogP contribution in [-0.2, 0) is 0 Å². The molecule has 1 aliphatic rings. The molecule has 2 unspecified atom stereocenters. The van der Waals surface area contributed by atoms with Crippen molar-refractivity contribution in [3.63, 3.8) is 0 Å². The molecule has 2 rings (SSSR count). The zero-order chi connectivity index (χ0) is 12.4. The molecule has 0 aromatic heterocycles. The lowest BCUT2D eigenvalue weighted by Crippen LogP contribution is -2.37. The van der Waals surface area contributed by atoms with Crippen molar-refractivity contribution in [1.82, 2.24) is 0 Å². The van der Waals surface area contributed by atoms with Crippen LogP contribution in [0.25, 0.3) is 0 Å². The average Bonchev–Trinajstić information content (AvgIpc) is 2.28. The zero-order valence-corrected chi connectivity index (χ0v) is 11.0. The summed E-state index contributed by atoms with van der Waals surface area (Å²) in [5.41, 5.74) is 2.07. The molecule has 1 aliphatic carbocycles. The Kier molecular flexibility index (Phi) is 3.60. The van der Waals surface area contributed by atoms with E-state index in [1.165, 1.54) is 19.3 Å². The van der Waals surface area contributed by atoms with Crippen molar-refractivity contribution in [1.29, 1.82) is 0 Å². The Morgan fingerprint density at radius 1 is 1.18 bits per heavy atom. The topological polar surface area (TPSA) is 32.3 Å². The second-order valence-electron chi connectivity index (χ2n) is 5.56. The number of benzene rings is 1. The predicted octanol–water partition coefficient (Wildman–Crippen LogP) is 3.94. The Hall–Kier alpha value is -1.18. The fourth-order valence-corrected chi connectivity index (χ4v) is 2.90. The highest BCUT2D eigenvalue weighted by Crippen LogP contribution is 2.32. The summed E-state index contributed by atoms with van der Waals surface area (Å²) in [6.07, 6.45) is 3.99. The normalized spacial score (nSPS) is 29.0. The molecule has 0 radical (unpaired) electrons. The van der Waals surface area contributed by atoms with E-state index in [4.69, 9.17) is 0 Å². The molecule has 1 aromatic rings. The maximum atomic E-state index is 9.53. The lowest BCUT2D eigenvalue weighted by molar-refractivity contribution is 0.268. The standard InChI is InChI=1S/C15H23NO/c1-10-5-4-6-11(2)15(10)16-13-7-8-14(17)12(3)9-13/h7-11,15-17H,4-6H2,1-3H3. The molecule has 0 amide bonds. The first-order valence-electron chi connectivity index (χ1n) is 6.64. The molecule has 0 aliphatic heterocycles. The first-order valence-corrected chi connectivity index (χ1v) is 6.64. The van der Waals surface area contributed by atoms with Gasteiger partial charge in [-0.15, -0.1) is 0 Å². The van der Waals surface area contributed by atoms with E-state index in [1.807, 2.05) is 19.1 Å². The van der Waals surface area contributed by atoms with Crippen molar-refractivity contribution in [3.05, 3.63) is 23.8 Å². The summed E-state index contributed by atoms with van der Waals surface area (Å²) < 4.78 is 0. The number of hydrogen-bond donors (Lipinski definition) is 2. The van der Waals surface area contributed by atoms with Crippen LogP contribution < -0.4 is 5.32 Å². The van der Waals surface area contributed by atoms with Crippen LogP contribution in [0.1, 0.15) is 38.7 Å². The van der Waals surface area contributed by atoms with Crippen LogP contribution in [0.5, 0.6) is 5.75 Å². The van der Waals surface area contributed by atoms with E-state index in [2.05, 4.69) is 19.2 Å². The number of aryl methyl sites for hydroxylation is 1. The molecule has 17 heavy (non-hydrogen) atoms. The van der Waals surface area contributed by atoms with E-state index in [0.29, 0.717) is 11.8 Å². The fourth-order valence-electron chi connectivity index (χ4n) is 2.90. The van der Waals surface area contributed by atoms with Gasteiger partial charge in [-0.05, 0) is 55.4 Å². The Balaban J connectivity index is 2.10. The summed E-state index contributed by atoms with van der Waals surface area (Å²) in [5, 5.41) is 13.2. The number of phenols is 1. The van der Waals surface area contributed by atoms with Crippen LogP contribution in [0.3, 0.4) is 0 Å². The molecule has 94 valence electrons. The number of phenolic OH excluding ortho intramolecular Hbond substituents is 1. The van der Waals surface area contributed by atoms with E-state index in [0.717, 1.165) is 23.1 Å². The van der Waals surface area contributed by atoms with Crippen LogP contribution in [0, 0.1) is 18.8 Å². The second kappa shape index (κ2) is 4.99. The van der Waals surface area contributed by atoms with Gasteiger partial charge in [0, 0.05) is 11.7 Å². The highest BCUT2D eigenvalue weighted by molar-refractivity contribution is 5.51. The van der Waals surface area contributed by atoms with E-state index < -0.39 is 0 Å². The van der Waals surface area contributed by atoms with Crippen molar-refractivity contribution in [2.75, 3.05) is 5.32 Å². The van der Waals surface area contributed by atoms with Gasteiger partial charge < -0.3 is 10.4 Å². The van der Waals surface area contributed by atoms with Crippen LogP contribution in [0.4, 0.5) is 5.69 Å². The van der Waals surface area contributed by atoms with Gasteiger partial charge in [-0.3, -0.25) is 0 Å². The summed E-state index contributed by atoms with van der Waals surface area (Å²) in [5.74, 6) is 1.83. The summed E-state index contributed by atoms with van der Waals surface area (Å²) in [4.78, 5) is 0. The van der Waals surface area contributed by atoms with E-state index in [-0.39, 0.29) is 0 Å². The molecular weight excluding hydrogens is 210 g/mol. The molecule has 0 bridgehead atoms. The molecule has 2 heteroatoms. The van der Waals surface area contributed by atoms with Crippen LogP contribution in [-0.4, -0.2) is 11.1 Å². The molecule has 1 aromatic carbocycles. The van der Waals surface area contributed by atoms with Crippen molar-refractivity contribution < 1.29 is 5.11 Å². The highest BCUT2D eigenvalue weighted by Gasteiger charge is 2.27. The van der Waals surface area contributed by atoms with Gasteiger partial charge in [0.05, 0.1) is 0 Å². The largest absolute Gasteiger partial charge is 0.508 e. The monoisotopic (exact) mass is 233 g/mol. The predicted molar refractivity (Wildman–Crippen MR) is 72.4 cm³/mol. The van der Waals surface area contributed by atoms with Crippen molar-refractivity contribution >= 4 is 5.69 Å². The number of hydrogen-bond acceptors (Lipinski definition) is 2. The van der Waals surface area contributed by atoms with Crippen molar-refractivity contribution in [3.8, 4) is 5.75 Å². The molecule has 2 N–H and O–H groups in total. The second-order valence-corrected chi connectivity index (χ2v) is 5.56. The first-order chi connectivity index (χ1) is 8.08. The Morgan fingerprint density at radius 3 is 2.41 bits per heavy atom. The molecule has 0 spiro atoms. The Bertz CT molecular complexity index is 379. The van der Waals surface area contributed by atoms with Gasteiger partial charge in [-0.1, -0.05) is 20.3 Å². The molecule has 2 atom stereocenters. The van der Waals surface area contributed by atoms with E-state index >= 15 is 0 Å². The molecule has 0 saturated heterocycles. The number of nitrogens with one attached hydrogen (secondary N) is 1. The third-order valence-corrected chi connectivity index (χ3v) is 4.08. The summed E-state index contributed by atoms with van der Waals surface area (Å²) >= 11 is 0. The van der Waals surface area contributed by atoms with Gasteiger partial charge in [0.2, 0.25) is 0 Å². The molecule has 1 saturated carbocycles. The van der Waals surface area contributed by atoms with Crippen molar-refractivity contribution in [2.24, 2.45) is 11.8 Å². The van der Waals surface area contributed by atoms with E-state index in [9.17, 15) is 5.11 Å². The number of aromatic hydroxyl groups is 1. The third-order valence-electron chi connectivity index (χ3n) is 4.08. The van der Waals surface area contributed by atoms with E-state index in [1.54, 1.807) is 6.07 Å². The SMILES string of the molecule is Cc1cc(NC2C(C)CCCC2C)ccc1O. The minimum atomic E-state index is 0.375. The minimum absolute atomic E-state index is 0.375. The summed E-state index contributed by atoms with van der Waals surface area (Å²) in [6.45, 7) is 6.61. The van der Waals surface area contributed by atoms with Crippen LogP contribution >= 0.6 is 0 Å². The van der Waals surface area contributed by atoms with Crippen LogP contribution in [0.15, 0.2) is 18.2 Å². The fraction of sp³-hybridized carbons (Fsp3) is 0.600. The van der Waals surface area contributed by atoms with Gasteiger partial charge in [-0.2, -0.15) is 0 Å². The van der Waals surface area contributed by atoms with Crippen LogP contribution in [0.2, 0.25) is 0 Å². The molecular formula is C15H23NO. The Labute approximate surface area is 104 Å². The number of rotatable bonds is 2. The molecule has 1 fully saturated rings. The Morgan fingerprint density at radius 2 is 1.82 bits per heavy atom. The number of anilines is 1. The zero-order valence-electron chi connectivity index (χ0n) is 11.0. The smallest absolute Gasteiger partial charge is 0.118 e. The van der Waals surface area contributed by atoms with Crippen molar-refractivity contribution in [2.45, 2.75) is 46.1 Å².